The van der Waals surface area contributed by atoms with Gasteiger partial charge in [0.2, 0.25) is 0 Å². The van der Waals surface area contributed by atoms with Crippen molar-refractivity contribution < 1.29 is 8.78 Å². The summed E-state index contributed by atoms with van der Waals surface area (Å²) < 4.78 is 28.0. The van der Waals surface area contributed by atoms with Crippen LogP contribution in [-0.2, 0) is 6.54 Å². The van der Waals surface area contributed by atoms with Crippen molar-refractivity contribution in [3.63, 3.8) is 0 Å². The number of halogens is 2. The lowest BCUT2D eigenvalue weighted by atomic mass is 10.3. The summed E-state index contributed by atoms with van der Waals surface area (Å²) in [4.78, 5) is 4.55. The number of hydrogen-bond acceptors (Lipinski definition) is 2. The van der Waals surface area contributed by atoms with Crippen LogP contribution in [0.5, 0.6) is 0 Å². The van der Waals surface area contributed by atoms with Crippen molar-refractivity contribution in [2.45, 2.75) is 19.9 Å². The van der Waals surface area contributed by atoms with Crippen LogP contribution >= 0.6 is 12.2 Å². The monoisotopic (exact) mass is 255 g/mol. The second-order valence-corrected chi connectivity index (χ2v) is 4.31. The molecule has 2 rings (SSSR count). The molecule has 1 heterocycles. The van der Waals surface area contributed by atoms with E-state index in [0.717, 1.165) is 12.1 Å². The number of nitrogens with zero attached hydrogens (tertiary/aromatic N) is 2. The van der Waals surface area contributed by atoms with E-state index in [-0.39, 0.29) is 0 Å². The van der Waals surface area contributed by atoms with Crippen molar-refractivity contribution in [1.29, 1.82) is 0 Å². The van der Waals surface area contributed by atoms with Crippen LogP contribution in [0.25, 0.3) is 11.0 Å². The zero-order valence-electron chi connectivity index (χ0n) is 9.20. The molecule has 0 amide bonds. The maximum absolute atomic E-state index is 13.2. The molecule has 6 heteroatoms. The summed E-state index contributed by atoms with van der Waals surface area (Å²) in [5, 5.41) is 0. The number of rotatable bonds is 3. The number of imidazole rings is 1. The molecule has 0 fully saturated rings. The number of nitrogens with two attached hydrogens (primary N) is 1. The van der Waals surface area contributed by atoms with Crippen LogP contribution in [0.4, 0.5) is 8.78 Å². The molecular weight excluding hydrogens is 244 g/mol. The predicted octanol–water partition coefficient (Wildman–Crippen LogP) is 2.30. The Balaban J connectivity index is 2.50. The predicted molar refractivity (Wildman–Crippen MR) is 65.8 cm³/mol. The summed E-state index contributed by atoms with van der Waals surface area (Å²) in [6, 6.07) is 2.24. The molecule has 0 aliphatic heterocycles. The topological polar surface area (TPSA) is 43.8 Å². The van der Waals surface area contributed by atoms with Gasteiger partial charge in [-0.1, -0.05) is 12.2 Å². The van der Waals surface area contributed by atoms with Crippen molar-refractivity contribution in [3.05, 3.63) is 29.6 Å². The molecule has 0 aliphatic rings. The van der Waals surface area contributed by atoms with Crippen molar-refractivity contribution in [2.75, 3.05) is 0 Å². The molecule has 0 saturated heterocycles. The first-order valence-electron chi connectivity index (χ1n) is 5.09. The standard InChI is InChI=1S/C11H11F2N3S/c1-6-15-9-4-7(12)8(13)5-10(9)16(6)3-2-11(14)17/h4-5H,2-3H2,1H3,(H2,14,17). The van der Waals surface area contributed by atoms with Gasteiger partial charge in [0.1, 0.15) is 5.82 Å². The minimum Gasteiger partial charge on any atom is -0.393 e. The number of aryl methyl sites for hydroxylation is 2. The zero-order chi connectivity index (χ0) is 12.6. The van der Waals surface area contributed by atoms with E-state index >= 15 is 0 Å². The molecule has 0 atom stereocenters. The molecular formula is C11H11F2N3S. The number of thiocarbonyl (C=S) groups is 1. The second kappa shape index (κ2) is 4.37. The first-order valence-corrected chi connectivity index (χ1v) is 5.50. The van der Waals surface area contributed by atoms with E-state index in [9.17, 15) is 8.78 Å². The van der Waals surface area contributed by atoms with Crippen molar-refractivity contribution in [3.8, 4) is 0 Å². The third-order valence-corrected chi connectivity index (χ3v) is 2.77. The van der Waals surface area contributed by atoms with Gasteiger partial charge < -0.3 is 10.3 Å². The molecule has 0 radical (unpaired) electrons. The fraction of sp³-hybridized carbons (Fsp3) is 0.273. The van der Waals surface area contributed by atoms with Crippen LogP contribution in [0.3, 0.4) is 0 Å². The maximum atomic E-state index is 13.2. The lowest BCUT2D eigenvalue weighted by molar-refractivity contribution is 0.510. The highest BCUT2D eigenvalue weighted by molar-refractivity contribution is 7.80. The van der Waals surface area contributed by atoms with E-state index in [0.29, 0.717) is 34.8 Å². The van der Waals surface area contributed by atoms with E-state index in [4.69, 9.17) is 18.0 Å². The van der Waals surface area contributed by atoms with E-state index in [1.807, 2.05) is 0 Å². The Labute approximate surface area is 102 Å². The molecule has 2 aromatic rings. The highest BCUT2D eigenvalue weighted by Gasteiger charge is 2.11. The van der Waals surface area contributed by atoms with Crippen LogP contribution in [0, 0.1) is 18.6 Å². The van der Waals surface area contributed by atoms with Crippen molar-refractivity contribution in [2.24, 2.45) is 5.73 Å². The molecule has 17 heavy (non-hydrogen) atoms. The summed E-state index contributed by atoms with van der Waals surface area (Å²) in [5.41, 5.74) is 6.41. The van der Waals surface area contributed by atoms with Gasteiger partial charge in [0.15, 0.2) is 11.6 Å². The molecule has 0 bridgehead atoms. The third kappa shape index (κ3) is 2.26. The fourth-order valence-electron chi connectivity index (χ4n) is 1.74. The fourth-order valence-corrected chi connectivity index (χ4v) is 1.84. The largest absolute Gasteiger partial charge is 0.393 e. The lowest BCUT2D eigenvalue weighted by Gasteiger charge is -2.05. The Hall–Kier alpha value is -1.56. The van der Waals surface area contributed by atoms with E-state index < -0.39 is 11.6 Å². The highest BCUT2D eigenvalue weighted by Crippen LogP contribution is 2.20. The van der Waals surface area contributed by atoms with E-state index in [2.05, 4.69) is 4.98 Å². The Morgan fingerprint density at radius 3 is 2.71 bits per heavy atom. The number of aromatic nitrogens is 2. The van der Waals surface area contributed by atoms with Crippen LogP contribution < -0.4 is 5.73 Å². The Morgan fingerprint density at radius 2 is 2.06 bits per heavy atom. The molecule has 0 unspecified atom stereocenters. The summed E-state index contributed by atoms with van der Waals surface area (Å²) in [5.74, 6) is -1.09. The third-order valence-electron chi connectivity index (χ3n) is 2.56. The summed E-state index contributed by atoms with van der Waals surface area (Å²) in [6.45, 7) is 2.29. The number of benzene rings is 1. The van der Waals surface area contributed by atoms with E-state index in [1.165, 1.54) is 0 Å². The molecule has 1 aromatic heterocycles. The number of hydrogen-bond donors (Lipinski definition) is 1. The van der Waals surface area contributed by atoms with Gasteiger partial charge in [-0.2, -0.15) is 0 Å². The summed E-state index contributed by atoms with van der Waals surface area (Å²) in [7, 11) is 0. The van der Waals surface area contributed by atoms with Gasteiger partial charge in [-0.3, -0.25) is 0 Å². The molecule has 0 aliphatic carbocycles. The van der Waals surface area contributed by atoms with Crippen LogP contribution in [0.15, 0.2) is 12.1 Å². The van der Waals surface area contributed by atoms with Crippen LogP contribution in [0.2, 0.25) is 0 Å². The summed E-state index contributed by atoms with van der Waals surface area (Å²) >= 11 is 4.79. The minimum absolute atomic E-state index is 0.383. The SMILES string of the molecule is Cc1nc2cc(F)c(F)cc2n1CCC(N)=S. The van der Waals surface area contributed by atoms with Gasteiger partial charge in [-0.25, -0.2) is 13.8 Å². The van der Waals surface area contributed by atoms with Gasteiger partial charge in [0.05, 0.1) is 16.0 Å². The quantitative estimate of drug-likeness (QED) is 0.856. The normalized spacial score (nSPS) is 11.0. The maximum Gasteiger partial charge on any atom is 0.161 e. The molecule has 1 aromatic carbocycles. The number of fused-ring (bicyclic) bond motifs is 1. The smallest absolute Gasteiger partial charge is 0.161 e. The molecule has 0 spiro atoms. The molecule has 3 nitrogen and oxygen atoms in total. The average molecular weight is 255 g/mol. The zero-order valence-corrected chi connectivity index (χ0v) is 10.0. The van der Waals surface area contributed by atoms with Gasteiger partial charge >= 0.3 is 0 Å². The van der Waals surface area contributed by atoms with Gasteiger partial charge in [-0.15, -0.1) is 0 Å². The van der Waals surface area contributed by atoms with E-state index in [1.54, 1.807) is 11.5 Å². The van der Waals surface area contributed by atoms with Gasteiger partial charge in [0.25, 0.3) is 0 Å². The van der Waals surface area contributed by atoms with Crippen molar-refractivity contribution in [1.82, 2.24) is 9.55 Å². The van der Waals surface area contributed by atoms with Gasteiger partial charge in [0, 0.05) is 25.1 Å². The van der Waals surface area contributed by atoms with Crippen LogP contribution in [-0.4, -0.2) is 14.5 Å². The van der Waals surface area contributed by atoms with Crippen molar-refractivity contribution >= 4 is 28.2 Å². The summed E-state index contributed by atoms with van der Waals surface area (Å²) in [6.07, 6.45) is 0.501. The first kappa shape index (κ1) is 11.9. The Bertz CT molecular complexity index is 592. The molecule has 90 valence electrons. The van der Waals surface area contributed by atoms with Gasteiger partial charge in [-0.05, 0) is 6.92 Å². The lowest BCUT2D eigenvalue weighted by Crippen LogP contribution is -2.12. The molecule has 0 saturated carbocycles. The average Bonchev–Trinajstić information content (AvgIpc) is 2.52. The molecule has 2 N–H and O–H groups in total. The highest BCUT2D eigenvalue weighted by atomic mass is 32.1. The Morgan fingerprint density at radius 1 is 1.41 bits per heavy atom. The minimum atomic E-state index is -0.892. The second-order valence-electron chi connectivity index (χ2n) is 3.78. The van der Waals surface area contributed by atoms with Crippen LogP contribution in [0.1, 0.15) is 12.2 Å². The first-order chi connectivity index (χ1) is 7.99. The Kier molecular flexibility index (Phi) is 3.06.